The number of aromatic nitrogens is 1. The van der Waals surface area contributed by atoms with Gasteiger partial charge in [0.25, 0.3) is 11.8 Å². The maximum atomic E-state index is 13.4. The molecule has 2 heterocycles. The number of alkyl halides is 2. The van der Waals surface area contributed by atoms with Crippen molar-refractivity contribution in [3.05, 3.63) is 41.8 Å². The van der Waals surface area contributed by atoms with Gasteiger partial charge < -0.3 is 10.4 Å². The van der Waals surface area contributed by atoms with Gasteiger partial charge in [0.1, 0.15) is 18.1 Å². The first-order valence-corrected chi connectivity index (χ1v) is 7.84. The second-order valence-corrected chi connectivity index (χ2v) is 6.09. The molecule has 0 saturated carbocycles. The highest BCUT2D eigenvalue weighted by Crippen LogP contribution is 2.32. The lowest BCUT2D eigenvalue weighted by Gasteiger charge is -2.25. The molecule has 1 aromatic heterocycles. The molecule has 1 saturated heterocycles. The Bertz CT molecular complexity index is 884. The first-order valence-electron chi connectivity index (χ1n) is 7.84. The number of fused-ring (bicyclic) bond motifs is 1. The van der Waals surface area contributed by atoms with Crippen LogP contribution < -0.4 is 5.32 Å². The normalized spacial score (nSPS) is 20.7. The zero-order valence-corrected chi connectivity index (χ0v) is 13.5. The number of benzene rings is 1. The highest BCUT2D eigenvalue weighted by Gasteiger charge is 2.47. The van der Waals surface area contributed by atoms with Gasteiger partial charge in [0.2, 0.25) is 0 Å². The van der Waals surface area contributed by atoms with E-state index >= 15 is 0 Å². The molecule has 0 unspecified atom stereocenters. The molecule has 136 valence electrons. The number of aliphatic hydroxyl groups excluding tert-OH is 1. The van der Waals surface area contributed by atoms with E-state index in [1.807, 2.05) is 0 Å². The summed E-state index contributed by atoms with van der Waals surface area (Å²) in [6.07, 6.45) is -0.719. The van der Waals surface area contributed by atoms with Gasteiger partial charge in [-0.1, -0.05) is 0 Å². The molecule has 6 nitrogen and oxygen atoms in total. The number of likely N-dealkylation sites (tertiary alicyclic amines) is 1. The molecule has 26 heavy (non-hydrogen) atoms. The summed E-state index contributed by atoms with van der Waals surface area (Å²) in [6, 6.07) is 5.80. The molecular weight excluding hydrogens is 349 g/mol. The van der Waals surface area contributed by atoms with Crippen LogP contribution in [0.2, 0.25) is 0 Å². The Kier molecular flexibility index (Phi) is 4.80. The predicted octanol–water partition coefficient (Wildman–Crippen LogP) is 1.66. The molecule has 2 atom stereocenters. The van der Waals surface area contributed by atoms with Crippen LogP contribution in [0.1, 0.15) is 16.8 Å². The van der Waals surface area contributed by atoms with Crippen LogP contribution in [-0.2, 0) is 0 Å². The van der Waals surface area contributed by atoms with Crippen molar-refractivity contribution >= 4 is 16.8 Å². The van der Waals surface area contributed by atoms with Gasteiger partial charge in [-0.3, -0.25) is 14.7 Å². The molecule has 1 fully saturated rings. The molecule has 1 amide bonds. The van der Waals surface area contributed by atoms with Crippen molar-refractivity contribution in [1.82, 2.24) is 15.2 Å². The Balaban J connectivity index is 1.72. The fourth-order valence-electron chi connectivity index (χ4n) is 2.99. The Labute approximate surface area is 146 Å². The number of carbonyl (C=O) groups is 1. The average molecular weight is 364 g/mol. The summed E-state index contributed by atoms with van der Waals surface area (Å²) in [5.41, 5.74) is 0.564. The number of hydrogen-bond donors (Lipinski definition) is 2. The van der Waals surface area contributed by atoms with Gasteiger partial charge in [0.15, 0.2) is 0 Å². The molecule has 0 spiro atoms. The molecule has 0 aliphatic carbocycles. The Morgan fingerprint density at radius 2 is 2.27 bits per heavy atom. The van der Waals surface area contributed by atoms with E-state index in [1.165, 1.54) is 30.5 Å². The van der Waals surface area contributed by atoms with E-state index < -0.39 is 42.9 Å². The summed E-state index contributed by atoms with van der Waals surface area (Å²) < 4.78 is 40.3. The van der Waals surface area contributed by atoms with Crippen LogP contribution in [0.3, 0.4) is 0 Å². The van der Waals surface area contributed by atoms with E-state index in [0.29, 0.717) is 10.9 Å². The number of rotatable bonds is 4. The van der Waals surface area contributed by atoms with E-state index in [2.05, 4.69) is 10.3 Å². The lowest BCUT2D eigenvalue weighted by Crippen LogP contribution is -2.46. The first kappa shape index (κ1) is 18.1. The fourth-order valence-corrected chi connectivity index (χ4v) is 2.99. The van der Waals surface area contributed by atoms with E-state index in [4.69, 9.17) is 5.26 Å². The fraction of sp³-hybridized carbons (Fsp3) is 0.353. The minimum absolute atomic E-state index is 0.144. The second-order valence-electron chi connectivity index (χ2n) is 6.09. The summed E-state index contributed by atoms with van der Waals surface area (Å²) in [6.45, 7) is -1.11. The molecule has 9 heteroatoms. The van der Waals surface area contributed by atoms with Crippen molar-refractivity contribution in [3.8, 4) is 6.07 Å². The number of nitriles is 1. The monoisotopic (exact) mass is 364 g/mol. The Morgan fingerprint density at radius 3 is 3.00 bits per heavy atom. The number of nitrogens with one attached hydrogen (secondary N) is 1. The summed E-state index contributed by atoms with van der Waals surface area (Å²) in [4.78, 5) is 17.3. The third-order valence-electron chi connectivity index (χ3n) is 4.23. The molecular formula is C17H15F3N4O2. The number of halogens is 3. The number of pyridine rings is 1. The molecule has 0 radical (unpaired) electrons. The number of amides is 1. The molecule has 1 aromatic carbocycles. The van der Waals surface area contributed by atoms with Gasteiger partial charge in [-0.15, -0.1) is 0 Å². The van der Waals surface area contributed by atoms with Crippen LogP contribution in [-0.4, -0.2) is 52.2 Å². The minimum atomic E-state index is -3.07. The lowest BCUT2D eigenvalue weighted by molar-refractivity contribution is -0.0305. The number of hydrogen-bond acceptors (Lipinski definition) is 5. The van der Waals surface area contributed by atoms with Crippen molar-refractivity contribution in [2.45, 2.75) is 24.6 Å². The van der Waals surface area contributed by atoms with Crippen molar-refractivity contribution < 1.29 is 23.1 Å². The van der Waals surface area contributed by atoms with Gasteiger partial charge in [-0.25, -0.2) is 13.2 Å². The van der Waals surface area contributed by atoms with Crippen LogP contribution in [0, 0.1) is 17.1 Å². The van der Waals surface area contributed by atoms with Crippen LogP contribution >= 0.6 is 0 Å². The van der Waals surface area contributed by atoms with Crippen LogP contribution in [0.4, 0.5) is 13.2 Å². The third kappa shape index (κ3) is 3.61. The molecule has 2 aromatic rings. The zero-order chi connectivity index (χ0) is 18.9. The van der Waals surface area contributed by atoms with Gasteiger partial charge in [0, 0.05) is 18.0 Å². The topological polar surface area (TPSA) is 89.3 Å². The zero-order valence-electron chi connectivity index (χ0n) is 13.5. The Morgan fingerprint density at radius 1 is 1.50 bits per heavy atom. The SMILES string of the molecule is N#C[C@@H]1CC(F)(F)CN1[C@@H](O)CNC(=O)c1ccnc2ccc(F)cc12. The van der Waals surface area contributed by atoms with Crippen molar-refractivity contribution in [2.24, 2.45) is 0 Å². The van der Waals surface area contributed by atoms with Crippen LogP contribution in [0.25, 0.3) is 10.9 Å². The average Bonchev–Trinajstić information content (AvgIpc) is 2.93. The smallest absolute Gasteiger partial charge is 0.263 e. The van der Waals surface area contributed by atoms with Gasteiger partial charge in [-0.05, 0) is 24.3 Å². The summed E-state index contributed by atoms with van der Waals surface area (Å²) in [5, 5.41) is 21.8. The standard InChI is InChI=1S/C17H15F3N4O2/c18-10-1-2-14-13(5-10)12(3-4-22-14)16(26)23-8-15(25)24-9-17(19,20)6-11(24)7-21/h1-5,11,15,25H,6,8-9H2,(H,23,26)/t11-,15-/m0/s1. The van der Waals surface area contributed by atoms with E-state index in [0.717, 1.165) is 4.90 Å². The van der Waals surface area contributed by atoms with Crippen molar-refractivity contribution in [1.29, 1.82) is 5.26 Å². The molecule has 1 aliphatic rings. The van der Waals surface area contributed by atoms with Gasteiger partial charge in [-0.2, -0.15) is 5.26 Å². The molecule has 2 N–H and O–H groups in total. The van der Waals surface area contributed by atoms with Crippen molar-refractivity contribution in [3.63, 3.8) is 0 Å². The number of carbonyl (C=O) groups excluding carboxylic acids is 1. The number of nitrogens with zero attached hydrogens (tertiary/aromatic N) is 3. The quantitative estimate of drug-likeness (QED) is 0.861. The molecule has 1 aliphatic heterocycles. The van der Waals surface area contributed by atoms with E-state index in [9.17, 15) is 23.1 Å². The maximum Gasteiger partial charge on any atom is 0.263 e. The highest BCUT2D eigenvalue weighted by atomic mass is 19.3. The second kappa shape index (κ2) is 6.90. The minimum Gasteiger partial charge on any atom is -0.376 e. The highest BCUT2D eigenvalue weighted by molar-refractivity contribution is 6.05. The van der Waals surface area contributed by atoms with E-state index in [-0.39, 0.29) is 12.1 Å². The van der Waals surface area contributed by atoms with Gasteiger partial charge >= 0.3 is 0 Å². The first-order chi connectivity index (χ1) is 12.3. The van der Waals surface area contributed by atoms with Gasteiger partial charge in [0.05, 0.1) is 30.2 Å². The summed E-state index contributed by atoms with van der Waals surface area (Å²) >= 11 is 0. The molecule has 0 bridgehead atoms. The van der Waals surface area contributed by atoms with Crippen LogP contribution in [0.15, 0.2) is 30.5 Å². The number of aliphatic hydroxyl groups is 1. The maximum absolute atomic E-state index is 13.4. The largest absolute Gasteiger partial charge is 0.376 e. The Hall–Kier alpha value is -2.70. The predicted molar refractivity (Wildman–Crippen MR) is 85.7 cm³/mol. The summed E-state index contributed by atoms with van der Waals surface area (Å²) in [7, 11) is 0. The van der Waals surface area contributed by atoms with Crippen LogP contribution in [0.5, 0.6) is 0 Å². The van der Waals surface area contributed by atoms with E-state index in [1.54, 1.807) is 6.07 Å². The molecule has 3 rings (SSSR count). The third-order valence-corrected chi connectivity index (χ3v) is 4.23. The summed E-state index contributed by atoms with van der Waals surface area (Å²) in [5.74, 6) is -4.21. The van der Waals surface area contributed by atoms with Crippen molar-refractivity contribution in [2.75, 3.05) is 13.1 Å². The lowest BCUT2D eigenvalue weighted by atomic mass is 10.1.